The maximum Gasteiger partial charge on any atom is 0.290 e. The van der Waals surface area contributed by atoms with E-state index in [1.165, 1.54) is 77.0 Å². The molecule has 160 valence electrons. The largest absolute Gasteiger partial charge is 0.290 e. The predicted octanol–water partition coefficient (Wildman–Crippen LogP) is 7.49. The molecular formula is C24H40O3S. The molecule has 0 unspecified atom stereocenters. The first kappa shape index (κ1) is 24.9. The third kappa shape index (κ3) is 14.9. The van der Waals surface area contributed by atoms with Crippen LogP contribution in [0.15, 0.2) is 35.7 Å². The minimum Gasteiger partial charge on any atom is -0.267 e. The molecule has 0 bridgehead atoms. The van der Waals surface area contributed by atoms with Gasteiger partial charge in [0.05, 0.1) is 12.0 Å². The van der Waals surface area contributed by atoms with E-state index >= 15 is 0 Å². The fraction of sp³-hybridized carbons (Fsp3) is 0.667. The molecule has 0 spiro atoms. The second-order valence-corrected chi connectivity index (χ2v) is 9.12. The third-order valence-electron chi connectivity index (χ3n) is 4.97. The smallest absolute Gasteiger partial charge is 0.267 e. The minimum atomic E-state index is -3.58. The lowest BCUT2D eigenvalue weighted by Crippen LogP contribution is -2.03. The van der Waals surface area contributed by atoms with Crippen LogP contribution in [0.4, 0.5) is 0 Å². The van der Waals surface area contributed by atoms with Crippen molar-refractivity contribution in [2.75, 3.05) is 6.61 Å². The molecule has 1 aromatic carbocycles. The van der Waals surface area contributed by atoms with Gasteiger partial charge in [0, 0.05) is 0 Å². The molecule has 28 heavy (non-hydrogen) atoms. The summed E-state index contributed by atoms with van der Waals surface area (Å²) in [5.74, 6) is 0. The summed E-state index contributed by atoms with van der Waals surface area (Å²) >= 11 is 0. The molecule has 1 rings (SSSR count). The zero-order valence-electron chi connectivity index (χ0n) is 17.8. The summed E-state index contributed by atoms with van der Waals surface area (Å²) in [7, 11) is -3.58. The molecule has 4 heteroatoms. The summed E-state index contributed by atoms with van der Waals surface area (Å²) in [6.07, 6.45) is 19.5. The Morgan fingerprint density at radius 2 is 1.18 bits per heavy atom. The van der Waals surface area contributed by atoms with Gasteiger partial charge in [-0.2, -0.15) is 8.42 Å². The van der Waals surface area contributed by atoms with Crippen molar-refractivity contribution >= 4 is 16.2 Å². The number of benzene rings is 1. The molecule has 0 saturated heterocycles. The van der Waals surface area contributed by atoms with E-state index in [0.717, 1.165) is 23.8 Å². The lowest BCUT2D eigenvalue weighted by atomic mass is 10.0. The van der Waals surface area contributed by atoms with Crippen molar-refractivity contribution in [3.63, 3.8) is 0 Å². The summed E-state index contributed by atoms with van der Waals surface area (Å²) in [5.41, 5.74) is 0.853. The van der Waals surface area contributed by atoms with Crippen LogP contribution >= 0.6 is 0 Å². The topological polar surface area (TPSA) is 43.4 Å². The van der Waals surface area contributed by atoms with Crippen molar-refractivity contribution in [3.8, 4) is 0 Å². The van der Waals surface area contributed by atoms with Gasteiger partial charge in [-0.05, 0) is 18.1 Å². The lowest BCUT2D eigenvalue weighted by molar-refractivity contribution is 0.311. The molecule has 0 fully saturated rings. The van der Waals surface area contributed by atoms with Crippen molar-refractivity contribution in [1.29, 1.82) is 0 Å². The molecule has 0 N–H and O–H groups in total. The Morgan fingerprint density at radius 1 is 0.714 bits per heavy atom. The van der Waals surface area contributed by atoms with E-state index in [4.69, 9.17) is 4.18 Å². The molecule has 0 aliphatic rings. The van der Waals surface area contributed by atoms with Crippen molar-refractivity contribution in [2.24, 2.45) is 0 Å². The van der Waals surface area contributed by atoms with Crippen LogP contribution in [-0.2, 0) is 14.3 Å². The van der Waals surface area contributed by atoms with E-state index in [9.17, 15) is 8.42 Å². The fourth-order valence-corrected chi connectivity index (χ4v) is 3.99. The van der Waals surface area contributed by atoms with Crippen LogP contribution in [0.3, 0.4) is 0 Å². The van der Waals surface area contributed by atoms with Crippen molar-refractivity contribution in [1.82, 2.24) is 0 Å². The molecule has 1 aromatic rings. The van der Waals surface area contributed by atoms with E-state index in [0.29, 0.717) is 0 Å². The summed E-state index contributed by atoms with van der Waals surface area (Å²) in [4.78, 5) is 0. The molecule has 0 radical (unpaired) electrons. The van der Waals surface area contributed by atoms with Crippen LogP contribution in [0.25, 0.3) is 6.08 Å². The average molecular weight is 409 g/mol. The number of hydrogen-bond acceptors (Lipinski definition) is 3. The Bertz CT molecular complexity index is 594. The Morgan fingerprint density at radius 3 is 1.68 bits per heavy atom. The quantitative estimate of drug-likeness (QED) is 0.187. The molecule has 0 aliphatic carbocycles. The average Bonchev–Trinajstić information content (AvgIpc) is 2.70. The zero-order chi connectivity index (χ0) is 20.3. The molecule has 0 amide bonds. The van der Waals surface area contributed by atoms with Gasteiger partial charge >= 0.3 is 0 Å². The van der Waals surface area contributed by atoms with Crippen molar-refractivity contribution in [2.45, 2.75) is 96.8 Å². The van der Waals surface area contributed by atoms with Crippen molar-refractivity contribution in [3.05, 3.63) is 41.3 Å². The van der Waals surface area contributed by atoms with E-state index in [-0.39, 0.29) is 6.61 Å². The highest BCUT2D eigenvalue weighted by molar-refractivity contribution is 7.89. The van der Waals surface area contributed by atoms with Gasteiger partial charge in [-0.3, -0.25) is 4.18 Å². The van der Waals surface area contributed by atoms with Crippen LogP contribution in [-0.4, -0.2) is 15.0 Å². The highest BCUT2D eigenvalue weighted by Crippen LogP contribution is 2.13. The third-order valence-corrected chi connectivity index (χ3v) is 5.94. The SMILES string of the molecule is CCCCCCCCCCCCCCCCOS(=O)(=O)C=Cc1ccccc1. The Kier molecular flexibility index (Phi) is 14.9. The second kappa shape index (κ2) is 16.8. The van der Waals surface area contributed by atoms with Crippen LogP contribution < -0.4 is 0 Å². The standard InChI is InChI=1S/C24H40O3S/c1-2-3-4-5-6-7-8-9-10-11-12-13-14-18-22-27-28(25,26)23-21-24-19-16-15-17-20-24/h15-17,19-21,23H,2-14,18,22H2,1H3. The molecular weight excluding hydrogens is 368 g/mol. The minimum absolute atomic E-state index is 0.277. The zero-order valence-corrected chi connectivity index (χ0v) is 18.6. The number of rotatable bonds is 18. The van der Waals surface area contributed by atoms with Gasteiger partial charge in [-0.15, -0.1) is 0 Å². The van der Waals surface area contributed by atoms with Gasteiger partial charge in [0.15, 0.2) is 0 Å². The Balaban J connectivity index is 1.90. The number of hydrogen-bond donors (Lipinski definition) is 0. The van der Waals surface area contributed by atoms with Crippen LogP contribution in [0, 0.1) is 0 Å². The maximum absolute atomic E-state index is 11.8. The first-order valence-electron chi connectivity index (χ1n) is 11.3. The van der Waals surface area contributed by atoms with Crippen LogP contribution in [0.5, 0.6) is 0 Å². The molecule has 0 aliphatic heterocycles. The van der Waals surface area contributed by atoms with E-state index in [1.807, 2.05) is 30.3 Å². The van der Waals surface area contributed by atoms with E-state index < -0.39 is 10.1 Å². The van der Waals surface area contributed by atoms with Crippen LogP contribution in [0.2, 0.25) is 0 Å². The Labute approximate surface area is 173 Å². The maximum atomic E-state index is 11.8. The highest BCUT2D eigenvalue weighted by atomic mass is 32.2. The van der Waals surface area contributed by atoms with Gasteiger partial charge in [0.25, 0.3) is 10.1 Å². The second-order valence-electron chi connectivity index (χ2n) is 7.62. The predicted molar refractivity (Wildman–Crippen MR) is 121 cm³/mol. The molecule has 0 aromatic heterocycles. The summed E-state index contributed by atoms with van der Waals surface area (Å²) in [5, 5.41) is 1.14. The van der Waals surface area contributed by atoms with E-state index in [2.05, 4.69) is 6.92 Å². The lowest BCUT2D eigenvalue weighted by Gasteiger charge is -2.04. The first-order chi connectivity index (χ1) is 13.6. The van der Waals surface area contributed by atoms with Gasteiger partial charge in [0.2, 0.25) is 0 Å². The first-order valence-corrected chi connectivity index (χ1v) is 12.7. The van der Waals surface area contributed by atoms with E-state index in [1.54, 1.807) is 6.08 Å². The van der Waals surface area contributed by atoms with Gasteiger partial charge < -0.3 is 0 Å². The molecule has 3 nitrogen and oxygen atoms in total. The monoisotopic (exact) mass is 408 g/mol. The van der Waals surface area contributed by atoms with Gasteiger partial charge in [-0.1, -0.05) is 121 Å². The van der Waals surface area contributed by atoms with Gasteiger partial charge in [0.1, 0.15) is 0 Å². The normalized spacial score (nSPS) is 12.0. The van der Waals surface area contributed by atoms with Crippen molar-refractivity contribution < 1.29 is 12.6 Å². The number of unbranched alkanes of at least 4 members (excludes halogenated alkanes) is 13. The van der Waals surface area contributed by atoms with Crippen LogP contribution in [0.1, 0.15) is 102 Å². The highest BCUT2D eigenvalue weighted by Gasteiger charge is 2.05. The summed E-state index contributed by atoms with van der Waals surface area (Å²) < 4.78 is 28.7. The molecule has 0 heterocycles. The summed E-state index contributed by atoms with van der Waals surface area (Å²) in [6, 6.07) is 9.38. The Hall–Kier alpha value is -1.13. The molecule has 0 saturated carbocycles. The summed E-state index contributed by atoms with van der Waals surface area (Å²) in [6.45, 7) is 2.54. The molecule has 0 atom stereocenters. The van der Waals surface area contributed by atoms with Gasteiger partial charge in [-0.25, -0.2) is 0 Å². The fourth-order valence-electron chi connectivity index (χ4n) is 3.24.